The van der Waals surface area contributed by atoms with Crippen LogP contribution in [0.15, 0.2) is 16.6 Å². The maximum absolute atomic E-state index is 10.1. The number of phenols is 1. The molecule has 0 bridgehead atoms. The molecule has 1 aromatic rings. The minimum Gasteiger partial charge on any atom is -0.507 e. The first-order valence-corrected chi connectivity index (χ1v) is 6.65. The molecule has 1 saturated heterocycles. The first-order valence-electron chi connectivity index (χ1n) is 5.86. The molecule has 0 atom stereocenters. The van der Waals surface area contributed by atoms with Crippen LogP contribution in [0.4, 0.5) is 0 Å². The van der Waals surface area contributed by atoms with E-state index in [9.17, 15) is 5.11 Å². The van der Waals surface area contributed by atoms with Gasteiger partial charge in [-0.05, 0) is 56.8 Å². The van der Waals surface area contributed by atoms with Crippen molar-refractivity contribution in [3.05, 3.63) is 27.7 Å². The Hall–Kier alpha value is -0.540. The highest BCUT2D eigenvalue weighted by atomic mass is 79.9. The van der Waals surface area contributed by atoms with Crippen LogP contribution in [0.3, 0.4) is 0 Å². The molecule has 1 heterocycles. The summed E-state index contributed by atoms with van der Waals surface area (Å²) < 4.78 is 1.04. The van der Waals surface area contributed by atoms with Gasteiger partial charge in [0.25, 0.3) is 0 Å². The second kappa shape index (κ2) is 5.19. The third-order valence-corrected chi connectivity index (χ3v) is 4.12. The Balaban J connectivity index is 2.16. The zero-order valence-corrected chi connectivity index (χ0v) is 11.2. The molecule has 0 amide bonds. The molecule has 0 saturated carbocycles. The highest BCUT2D eigenvalue weighted by Crippen LogP contribution is 2.33. The van der Waals surface area contributed by atoms with Gasteiger partial charge in [-0.15, -0.1) is 0 Å². The van der Waals surface area contributed by atoms with Crippen molar-refractivity contribution in [1.82, 2.24) is 5.32 Å². The number of benzene rings is 1. The summed E-state index contributed by atoms with van der Waals surface area (Å²) in [5.41, 5.74) is 2.04. The van der Waals surface area contributed by atoms with E-state index in [-0.39, 0.29) is 0 Å². The van der Waals surface area contributed by atoms with Gasteiger partial charge in [0.2, 0.25) is 0 Å². The number of nitrogens with one attached hydrogen (secondary N) is 1. The molecule has 0 unspecified atom stereocenters. The van der Waals surface area contributed by atoms with E-state index in [0.717, 1.165) is 35.1 Å². The molecular weight excluding hydrogens is 266 g/mol. The molecule has 2 N–H and O–H groups in total. The first-order chi connectivity index (χ1) is 7.68. The molecule has 0 radical (unpaired) electrons. The van der Waals surface area contributed by atoms with E-state index in [4.69, 9.17) is 0 Å². The number of piperidine rings is 1. The van der Waals surface area contributed by atoms with Crippen LogP contribution in [0.1, 0.15) is 24.0 Å². The van der Waals surface area contributed by atoms with Gasteiger partial charge in [0.15, 0.2) is 0 Å². The molecule has 3 heteroatoms. The van der Waals surface area contributed by atoms with Gasteiger partial charge in [0.1, 0.15) is 5.75 Å². The van der Waals surface area contributed by atoms with Gasteiger partial charge in [-0.2, -0.15) is 0 Å². The van der Waals surface area contributed by atoms with Crippen LogP contribution in [0.25, 0.3) is 0 Å². The highest BCUT2D eigenvalue weighted by Gasteiger charge is 2.17. The molecule has 1 aromatic carbocycles. The van der Waals surface area contributed by atoms with Gasteiger partial charge < -0.3 is 10.4 Å². The van der Waals surface area contributed by atoms with Crippen molar-refractivity contribution in [1.29, 1.82) is 0 Å². The molecule has 2 nitrogen and oxygen atoms in total. The molecule has 0 spiro atoms. The van der Waals surface area contributed by atoms with Crippen molar-refractivity contribution < 1.29 is 5.11 Å². The molecule has 88 valence electrons. The van der Waals surface area contributed by atoms with Crippen LogP contribution >= 0.6 is 15.9 Å². The Morgan fingerprint density at radius 2 is 2.06 bits per heavy atom. The van der Waals surface area contributed by atoms with Crippen LogP contribution in [0.5, 0.6) is 5.75 Å². The van der Waals surface area contributed by atoms with Crippen molar-refractivity contribution in [3.63, 3.8) is 0 Å². The van der Waals surface area contributed by atoms with Crippen LogP contribution in [0.2, 0.25) is 0 Å². The quantitative estimate of drug-likeness (QED) is 0.875. The van der Waals surface area contributed by atoms with Crippen LogP contribution in [0, 0.1) is 12.8 Å². The van der Waals surface area contributed by atoms with Gasteiger partial charge in [-0.3, -0.25) is 0 Å². The smallest absolute Gasteiger partial charge is 0.122 e. The standard InChI is InChI=1S/C13H18BrNO/c1-9-2-3-12(14)11(13(9)16)8-10-4-6-15-7-5-10/h2-3,10,15-16H,4-8H2,1H3. The molecule has 0 aromatic heterocycles. The second-order valence-corrected chi connectivity index (χ2v) is 5.44. The van der Waals surface area contributed by atoms with Gasteiger partial charge >= 0.3 is 0 Å². The SMILES string of the molecule is Cc1ccc(Br)c(CC2CCNCC2)c1O. The lowest BCUT2D eigenvalue weighted by Gasteiger charge is -2.23. The second-order valence-electron chi connectivity index (χ2n) is 4.59. The van der Waals surface area contributed by atoms with Crippen molar-refractivity contribution >= 4 is 15.9 Å². The number of rotatable bonds is 2. The lowest BCUT2D eigenvalue weighted by atomic mass is 9.90. The Kier molecular flexibility index (Phi) is 3.87. The minimum atomic E-state index is 0.466. The average molecular weight is 284 g/mol. The number of hydrogen-bond donors (Lipinski definition) is 2. The number of aryl methyl sites for hydroxylation is 1. The Bertz CT molecular complexity index is 372. The predicted molar refractivity (Wildman–Crippen MR) is 69.8 cm³/mol. The van der Waals surface area contributed by atoms with Gasteiger partial charge in [-0.1, -0.05) is 22.0 Å². The zero-order valence-electron chi connectivity index (χ0n) is 9.59. The summed E-state index contributed by atoms with van der Waals surface area (Å²) in [5.74, 6) is 1.16. The molecule has 16 heavy (non-hydrogen) atoms. The fourth-order valence-corrected chi connectivity index (χ4v) is 2.78. The summed E-state index contributed by atoms with van der Waals surface area (Å²) in [6.45, 7) is 4.16. The number of hydrogen-bond acceptors (Lipinski definition) is 2. The maximum Gasteiger partial charge on any atom is 0.122 e. The van der Waals surface area contributed by atoms with Crippen LogP contribution in [-0.4, -0.2) is 18.2 Å². The summed E-state index contributed by atoms with van der Waals surface area (Å²) >= 11 is 3.53. The van der Waals surface area contributed by atoms with Gasteiger partial charge in [0, 0.05) is 10.0 Å². The number of phenolic OH excluding ortho intramolecular Hbond substituents is 1. The third kappa shape index (κ3) is 2.58. The van der Waals surface area contributed by atoms with E-state index in [2.05, 4.69) is 21.2 Å². The lowest BCUT2D eigenvalue weighted by Crippen LogP contribution is -2.28. The number of halogens is 1. The Labute approximate surface area is 105 Å². The van der Waals surface area contributed by atoms with E-state index in [1.165, 1.54) is 12.8 Å². The Morgan fingerprint density at radius 1 is 1.38 bits per heavy atom. The molecule has 1 fully saturated rings. The fraction of sp³-hybridized carbons (Fsp3) is 0.538. The van der Waals surface area contributed by atoms with Crippen LogP contribution < -0.4 is 5.32 Å². The molecule has 2 rings (SSSR count). The largest absolute Gasteiger partial charge is 0.507 e. The molecule has 0 aliphatic carbocycles. The Morgan fingerprint density at radius 3 is 2.75 bits per heavy atom. The van der Waals surface area contributed by atoms with Crippen LogP contribution in [-0.2, 0) is 6.42 Å². The van der Waals surface area contributed by atoms with E-state index >= 15 is 0 Å². The summed E-state index contributed by atoms with van der Waals surface area (Å²) in [4.78, 5) is 0. The summed E-state index contributed by atoms with van der Waals surface area (Å²) in [6, 6.07) is 3.98. The van der Waals surface area contributed by atoms with Crippen molar-refractivity contribution in [2.75, 3.05) is 13.1 Å². The zero-order chi connectivity index (χ0) is 11.5. The molecule has 1 aliphatic heterocycles. The van der Waals surface area contributed by atoms with Crippen molar-refractivity contribution in [2.45, 2.75) is 26.2 Å². The number of aromatic hydroxyl groups is 1. The van der Waals surface area contributed by atoms with Crippen molar-refractivity contribution in [3.8, 4) is 5.75 Å². The van der Waals surface area contributed by atoms with E-state index in [0.29, 0.717) is 11.7 Å². The summed E-state index contributed by atoms with van der Waals surface area (Å²) in [7, 11) is 0. The average Bonchev–Trinajstić information content (AvgIpc) is 2.31. The topological polar surface area (TPSA) is 32.3 Å². The monoisotopic (exact) mass is 283 g/mol. The van der Waals surface area contributed by atoms with E-state index in [1.807, 2.05) is 19.1 Å². The normalized spacial score (nSPS) is 17.6. The van der Waals surface area contributed by atoms with E-state index < -0.39 is 0 Å². The maximum atomic E-state index is 10.1. The summed E-state index contributed by atoms with van der Waals surface area (Å²) in [5, 5.41) is 13.4. The van der Waals surface area contributed by atoms with Gasteiger partial charge in [0.05, 0.1) is 0 Å². The van der Waals surface area contributed by atoms with Crippen molar-refractivity contribution in [2.24, 2.45) is 5.92 Å². The minimum absolute atomic E-state index is 0.466. The highest BCUT2D eigenvalue weighted by molar-refractivity contribution is 9.10. The molecule has 1 aliphatic rings. The lowest BCUT2D eigenvalue weighted by molar-refractivity contribution is 0.365. The predicted octanol–water partition coefficient (Wildman–Crippen LogP) is 3.01. The van der Waals surface area contributed by atoms with Gasteiger partial charge in [-0.25, -0.2) is 0 Å². The first kappa shape index (κ1) is 11.9. The fourth-order valence-electron chi connectivity index (χ4n) is 2.30. The third-order valence-electron chi connectivity index (χ3n) is 3.38. The van der Waals surface area contributed by atoms with E-state index in [1.54, 1.807) is 0 Å². The molecular formula is C13H18BrNO. The summed E-state index contributed by atoms with van der Waals surface area (Å²) in [6.07, 6.45) is 3.40.